The maximum atomic E-state index is 14.4. The molecule has 62 heavy (non-hydrogen) atoms. The SMILES string of the molecule is O=C(O)CCNC(=O)[C@H]1Cc2ccc(cc2)NC(=O)CCC(=O)N[C@H](CCc2ccccc2)C(=O)N[C@@H](Cc2ccc(C(F)(F)F)cc2)C(=O)N[C@H](Cc2ccccc2)C(=O)N1. The first-order valence-corrected chi connectivity index (χ1v) is 20.0. The van der Waals surface area contributed by atoms with Crippen molar-refractivity contribution in [2.45, 2.75) is 81.7 Å². The first-order chi connectivity index (χ1) is 29.6. The molecule has 0 aromatic heterocycles. The summed E-state index contributed by atoms with van der Waals surface area (Å²) in [5.74, 6) is -5.54. The van der Waals surface area contributed by atoms with Crippen molar-refractivity contribution in [3.05, 3.63) is 137 Å². The fourth-order valence-corrected chi connectivity index (χ4v) is 6.68. The number of carboxylic acids is 1. The molecule has 326 valence electrons. The molecule has 0 fully saturated rings. The number of aryl methyl sites for hydroxylation is 1. The van der Waals surface area contributed by atoms with Gasteiger partial charge in [0.05, 0.1) is 12.0 Å². The fourth-order valence-electron chi connectivity index (χ4n) is 6.68. The van der Waals surface area contributed by atoms with Gasteiger partial charge in [0.1, 0.15) is 24.2 Å². The summed E-state index contributed by atoms with van der Waals surface area (Å²) < 4.78 is 40.4. The number of hydrogen-bond acceptors (Lipinski definition) is 7. The Morgan fingerprint density at radius 3 is 1.74 bits per heavy atom. The van der Waals surface area contributed by atoms with Gasteiger partial charge < -0.3 is 37.0 Å². The summed E-state index contributed by atoms with van der Waals surface area (Å²) in [5, 5.41) is 25.0. The Labute approximate surface area is 355 Å². The highest BCUT2D eigenvalue weighted by Crippen LogP contribution is 2.29. The number of rotatable bonds is 11. The molecule has 4 aromatic carbocycles. The van der Waals surface area contributed by atoms with Crippen molar-refractivity contribution in [3.63, 3.8) is 0 Å². The molecule has 0 spiro atoms. The number of fused-ring (bicyclic) bond motifs is 18. The highest BCUT2D eigenvalue weighted by atomic mass is 19.4. The molecule has 17 heteroatoms. The van der Waals surface area contributed by atoms with Gasteiger partial charge in [0.15, 0.2) is 0 Å². The van der Waals surface area contributed by atoms with Crippen LogP contribution in [0.15, 0.2) is 109 Å². The number of hydrogen-bond donors (Lipinski definition) is 7. The summed E-state index contributed by atoms with van der Waals surface area (Å²) in [6, 6.07) is 22.6. The van der Waals surface area contributed by atoms with Crippen LogP contribution in [0.4, 0.5) is 18.9 Å². The Morgan fingerprint density at radius 1 is 0.629 bits per heavy atom. The van der Waals surface area contributed by atoms with Crippen LogP contribution in [0.2, 0.25) is 0 Å². The molecule has 4 atom stereocenters. The standard InChI is InChI=1S/C45H47F3N6O8/c46-45(47,48)32-16-11-30(12-17-32)27-37-44(62)54-36(25-29-9-5-2-6-10-29)43(61)52-35(41(59)49-24-23-40(57)58)26-31-13-18-33(19-14-31)50-38(55)21-22-39(56)51-34(42(60)53-37)20-15-28-7-3-1-4-8-28/h1-14,16-19,34-37H,15,20-27H2,(H,49,59)(H,50,55)(H,51,56)(H,52,61)(H,53,60)(H,54,62)(H,57,58)/t34-,35-,36-,37+/m1/s1. The zero-order valence-electron chi connectivity index (χ0n) is 33.5. The van der Waals surface area contributed by atoms with Crippen molar-refractivity contribution in [1.29, 1.82) is 0 Å². The van der Waals surface area contributed by atoms with Crippen LogP contribution in [0, 0.1) is 0 Å². The summed E-state index contributed by atoms with van der Waals surface area (Å²) in [4.78, 5) is 93.6. The van der Waals surface area contributed by atoms with Crippen LogP contribution < -0.4 is 31.9 Å². The summed E-state index contributed by atoms with van der Waals surface area (Å²) in [6.07, 6.45) is -5.75. The van der Waals surface area contributed by atoms with Gasteiger partial charge >= 0.3 is 12.1 Å². The molecule has 0 aliphatic carbocycles. The second-order valence-electron chi connectivity index (χ2n) is 14.8. The molecule has 7 N–H and O–H groups in total. The van der Waals surface area contributed by atoms with Gasteiger partial charge in [0.2, 0.25) is 35.4 Å². The largest absolute Gasteiger partial charge is 0.481 e. The molecule has 0 unspecified atom stereocenters. The van der Waals surface area contributed by atoms with Crippen molar-refractivity contribution in [3.8, 4) is 0 Å². The normalized spacial score (nSPS) is 19.4. The van der Waals surface area contributed by atoms with Gasteiger partial charge in [-0.15, -0.1) is 0 Å². The van der Waals surface area contributed by atoms with Gasteiger partial charge in [-0.3, -0.25) is 33.6 Å². The van der Waals surface area contributed by atoms with E-state index >= 15 is 0 Å². The Morgan fingerprint density at radius 2 is 1.16 bits per heavy atom. The predicted octanol–water partition coefficient (Wildman–Crippen LogP) is 3.63. The lowest BCUT2D eigenvalue weighted by molar-refractivity contribution is -0.138. The first-order valence-electron chi connectivity index (χ1n) is 20.0. The van der Waals surface area contributed by atoms with Crippen LogP contribution in [0.25, 0.3) is 0 Å². The van der Waals surface area contributed by atoms with Crippen molar-refractivity contribution < 1.29 is 51.8 Å². The smallest absolute Gasteiger partial charge is 0.416 e. The summed E-state index contributed by atoms with van der Waals surface area (Å²) in [5.41, 5.74) is 1.65. The number of carboxylic acid groups (broad SMARTS) is 1. The monoisotopic (exact) mass is 856 g/mol. The maximum absolute atomic E-state index is 14.4. The number of halogens is 3. The van der Waals surface area contributed by atoms with Crippen molar-refractivity contribution in [1.82, 2.24) is 26.6 Å². The van der Waals surface area contributed by atoms with Gasteiger partial charge in [-0.05, 0) is 59.4 Å². The number of anilines is 1. The molecule has 6 rings (SSSR count). The van der Waals surface area contributed by atoms with Gasteiger partial charge in [-0.25, -0.2) is 0 Å². The quantitative estimate of drug-likeness (QED) is 0.111. The lowest BCUT2D eigenvalue weighted by Crippen LogP contribution is -2.59. The Hall–Kier alpha value is -7.04. The van der Waals surface area contributed by atoms with Gasteiger partial charge in [0.25, 0.3) is 0 Å². The Kier molecular flexibility index (Phi) is 16.3. The summed E-state index contributed by atoms with van der Waals surface area (Å²) in [7, 11) is 0. The molecule has 0 radical (unpaired) electrons. The van der Waals surface area contributed by atoms with E-state index in [0.717, 1.165) is 29.8 Å². The third-order valence-electron chi connectivity index (χ3n) is 10.0. The predicted molar refractivity (Wildman–Crippen MR) is 221 cm³/mol. The zero-order valence-corrected chi connectivity index (χ0v) is 33.5. The van der Waals surface area contributed by atoms with E-state index in [9.17, 15) is 46.7 Å². The molecular formula is C45H47F3N6O8. The van der Waals surface area contributed by atoms with E-state index in [1.807, 2.05) is 18.2 Å². The van der Waals surface area contributed by atoms with E-state index in [1.165, 1.54) is 0 Å². The average Bonchev–Trinajstić information content (AvgIpc) is 3.24. The van der Waals surface area contributed by atoms with E-state index in [0.29, 0.717) is 23.2 Å². The zero-order chi connectivity index (χ0) is 44.6. The highest BCUT2D eigenvalue weighted by molar-refractivity contribution is 5.97. The second-order valence-corrected chi connectivity index (χ2v) is 14.8. The average molecular weight is 857 g/mol. The highest BCUT2D eigenvalue weighted by Gasteiger charge is 2.33. The molecule has 2 heterocycles. The van der Waals surface area contributed by atoms with Crippen LogP contribution in [-0.4, -0.2) is 77.2 Å². The Bertz CT molecular complexity index is 2190. The van der Waals surface area contributed by atoms with Crippen LogP contribution >= 0.6 is 0 Å². The Balaban J connectivity index is 1.52. The minimum absolute atomic E-state index is 0.0592. The third kappa shape index (κ3) is 14.6. The van der Waals surface area contributed by atoms with E-state index in [-0.39, 0.29) is 50.6 Å². The molecule has 0 saturated heterocycles. The van der Waals surface area contributed by atoms with E-state index in [4.69, 9.17) is 5.11 Å². The second kappa shape index (κ2) is 22.0. The molecule has 0 saturated carbocycles. The molecule has 6 amide bonds. The van der Waals surface area contributed by atoms with Gasteiger partial charge in [-0.1, -0.05) is 84.9 Å². The number of alkyl halides is 3. The van der Waals surface area contributed by atoms with Crippen molar-refractivity contribution >= 4 is 47.1 Å². The molecule has 2 bridgehead atoms. The van der Waals surface area contributed by atoms with Crippen molar-refractivity contribution in [2.75, 3.05) is 11.9 Å². The van der Waals surface area contributed by atoms with Crippen LogP contribution in [0.5, 0.6) is 0 Å². The van der Waals surface area contributed by atoms with Crippen LogP contribution in [0.3, 0.4) is 0 Å². The van der Waals surface area contributed by atoms with Crippen molar-refractivity contribution in [2.24, 2.45) is 0 Å². The first kappa shape index (κ1) is 46.0. The minimum atomic E-state index is -4.64. The van der Waals surface area contributed by atoms with E-state index in [2.05, 4.69) is 31.9 Å². The lowest BCUT2D eigenvalue weighted by atomic mass is 9.99. The number of amides is 6. The number of benzene rings is 4. The summed E-state index contributed by atoms with van der Waals surface area (Å²) in [6.45, 7) is -0.245. The molecule has 4 aromatic rings. The van der Waals surface area contributed by atoms with E-state index < -0.39 is 83.7 Å². The maximum Gasteiger partial charge on any atom is 0.416 e. The molecule has 2 aliphatic rings. The van der Waals surface area contributed by atoms with Crippen LogP contribution in [-0.2, 0) is 65.4 Å². The van der Waals surface area contributed by atoms with E-state index in [1.54, 1.807) is 66.7 Å². The number of carbonyl (C=O) groups is 7. The number of aliphatic carboxylic acids is 1. The number of nitrogens with one attached hydrogen (secondary N) is 6. The molecular weight excluding hydrogens is 810 g/mol. The minimum Gasteiger partial charge on any atom is -0.481 e. The van der Waals surface area contributed by atoms with Crippen LogP contribution in [0.1, 0.15) is 53.5 Å². The summed E-state index contributed by atoms with van der Waals surface area (Å²) >= 11 is 0. The molecule has 2 aliphatic heterocycles. The third-order valence-corrected chi connectivity index (χ3v) is 10.0. The van der Waals surface area contributed by atoms with Gasteiger partial charge in [0, 0.05) is 44.3 Å². The number of carbonyl (C=O) groups excluding carboxylic acids is 6. The topological polar surface area (TPSA) is 212 Å². The molecule has 14 nitrogen and oxygen atoms in total. The lowest BCUT2D eigenvalue weighted by Gasteiger charge is -2.27. The fraction of sp³-hybridized carbons (Fsp3) is 0.311. The van der Waals surface area contributed by atoms with Gasteiger partial charge in [-0.2, -0.15) is 13.2 Å².